The number of aromatic nitrogens is 2. The first-order chi connectivity index (χ1) is 20.1. The molecule has 2 heterocycles. The van der Waals surface area contributed by atoms with Crippen molar-refractivity contribution in [3.8, 4) is 0 Å². The zero-order valence-electron chi connectivity index (χ0n) is 22.8. The molecule has 0 radical (unpaired) electrons. The number of carboxylic acid groups (broad SMARTS) is 1. The van der Waals surface area contributed by atoms with Crippen LogP contribution in [0.2, 0.25) is 0 Å². The van der Waals surface area contributed by atoms with Crippen molar-refractivity contribution in [1.29, 1.82) is 0 Å². The van der Waals surface area contributed by atoms with Gasteiger partial charge in [-0.1, -0.05) is 36.4 Å². The predicted octanol–water partition coefficient (Wildman–Crippen LogP) is -0.326. The summed E-state index contributed by atoms with van der Waals surface area (Å²) in [5.41, 5.74) is 8.51. The average molecular weight is 579 g/mol. The second kappa shape index (κ2) is 13.3. The number of carboxylic acids is 1. The number of rotatable bonds is 13. The van der Waals surface area contributed by atoms with Crippen LogP contribution in [0.15, 0.2) is 60.9 Å². The fraction of sp³-hybridized carbons (Fsp3) is 0.310. The fourth-order valence-electron chi connectivity index (χ4n) is 4.73. The maximum Gasteiger partial charge on any atom is 0.326 e. The first kappa shape index (κ1) is 30.2. The molecule has 0 fully saturated rings. The number of aliphatic hydroxyl groups is 2. The standard InChI is InChI=1S/C29H34N6O7/c1-15(37)25(35-26(38)20(30)14-36)28(40)33-23(10-16-12-31-21-8-4-2-6-18(16)21)27(39)34-24(29(41)42)11-17-13-32-22-9-5-3-7-19(17)22/h2-9,12-13,15,20,23-25,31-32,36-37H,10-11,14,30H2,1H3,(H,33,40)(H,34,39)(H,35,38)(H,41,42). The van der Waals surface area contributed by atoms with E-state index in [4.69, 9.17) is 10.8 Å². The minimum atomic E-state index is -1.50. The number of aliphatic hydroxyl groups excluding tert-OH is 2. The van der Waals surface area contributed by atoms with Crippen molar-refractivity contribution in [2.75, 3.05) is 6.61 Å². The van der Waals surface area contributed by atoms with Gasteiger partial charge in [0.25, 0.3) is 0 Å². The van der Waals surface area contributed by atoms with E-state index < -0.39 is 60.6 Å². The highest BCUT2D eigenvalue weighted by Gasteiger charge is 2.33. The van der Waals surface area contributed by atoms with Crippen molar-refractivity contribution >= 4 is 45.5 Å². The van der Waals surface area contributed by atoms with Crippen LogP contribution in [-0.2, 0) is 32.0 Å². The summed E-state index contributed by atoms with van der Waals surface area (Å²) in [6.07, 6.45) is 1.93. The molecule has 3 amide bonds. The summed E-state index contributed by atoms with van der Waals surface area (Å²) in [5.74, 6) is -3.81. The number of hydrogen-bond acceptors (Lipinski definition) is 7. The van der Waals surface area contributed by atoms with Gasteiger partial charge in [-0.3, -0.25) is 14.4 Å². The van der Waals surface area contributed by atoms with Crippen molar-refractivity contribution in [3.63, 3.8) is 0 Å². The largest absolute Gasteiger partial charge is 0.480 e. The molecular formula is C29H34N6O7. The van der Waals surface area contributed by atoms with Gasteiger partial charge < -0.3 is 47.0 Å². The Morgan fingerprint density at radius 2 is 1.29 bits per heavy atom. The van der Waals surface area contributed by atoms with Crippen LogP contribution >= 0.6 is 0 Å². The topological polar surface area (TPSA) is 223 Å². The summed E-state index contributed by atoms with van der Waals surface area (Å²) in [5, 5.41) is 38.3. The number of fused-ring (bicyclic) bond motifs is 2. The van der Waals surface area contributed by atoms with Gasteiger partial charge >= 0.3 is 5.97 Å². The van der Waals surface area contributed by atoms with Crippen LogP contribution in [0.3, 0.4) is 0 Å². The van der Waals surface area contributed by atoms with E-state index in [0.29, 0.717) is 11.1 Å². The van der Waals surface area contributed by atoms with Gasteiger partial charge in [-0.15, -0.1) is 0 Å². The molecule has 0 aliphatic heterocycles. The van der Waals surface area contributed by atoms with Crippen LogP contribution in [0.1, 0.15) is 18.1 Å². The van der Waals surface area contributed by atoms with E-state index in [2.05, 4.69) is 25.9 Å². The lowest BCUT2D eigenvalue weighted by atomic mass is 10.0. The summed E-state index contributed by atoms with van der Waals surface area (Å²) in [7, 11) is 0. The Balaban J connectivity index is 1.59. The number of aromatic amines is 2. The number of aliphatic carboxylic acids is 1. The number of hydrogen-bond donors (Lipinski definition) is 9. The molecule has 13 nitrogen and oxygen atoms in total. The zero-order chi connectivity index (χ0) is 30.4. The highest BCUT2D eigenvalue weighted by molar-refractivity contribution is 5.95. The molecule has 222 valence electrons. The quantitative estimate of drug-likeness (QED) is 0.102. The zero-order valence-corrected chi connectivity index (χ0v) is 22.8. The summed E-state index contributed by atoms with van der Waals surface area (Å²) in [6, 6.07) is 9.26. The van der Waals surface area contributed by atoms with Gasteiger partial charge in [0.05, 0.1) is 12.7 Å². The molecule has 42 heavy (non-hydrogen) atoms. The summed E-state index contributed by atoms with van der Waals surface area (Å²) in [6.45, 7) is 0.587. The van der Waals surface area contributed by atoms with Gasteiger partial charge in [-0.05, 0) is 30.2 Å². The maximum absolute atomic E-state index is 13.6. The van der Waals surface area contributed by atoms with E-state index in [9.17, 15) is 29.4 Å². The Hall–Kier alpha value is -4.72. The number of para-hydroxylation sites is 2. The Kier molecular flexibility index (Phi) is 9.57. The lowest BCUT2D eigenvalue weighted by molar-refractivity contribution is -0.142. The molecule has 2 aromatic heterocycles. The van der Waals surface area contributed by atoms with Crippen LogP contribution in [0.25, 0.3) is 21.8 Å². The van der Waals surface area contributed by atoms with Crippen molar-refractivity contribution in [2.45, 2.75) is 50.0 Å². The molecule has 0 saturated carbocycles. The molecule has 5 atom stereocenters. The number of H-pyrrole nitrogens is 2. The smallest absolute Gasteiger partial charge is 0.326 e. The third kappa shape index (κ3) is 6.94. The first-order valence-corrected chi connectivity index (χ1v) is 13.4. The van der Waals surface area contributed by atoms with Crippen LogP contribution in [0, 0.1) is 0 Å². The Morgan fingerprint density at radius 3 is 1.79 bits per heavy atom. The molecular weight excluding hydrogens is 544 g/mol. The van der Waals surface area contributed by atoms with Crippen LogP contribution < -0.4 is 21.7 Å². The summed E-state index contributed by atoms with van der Waals surface area (Å²) in [4.78, 5) is 57.5. The highest BCUT2D eigenvalue weighted by atomic mass is 16.4. The van der Waals surface area contributed by atoms with Gasteiger partial charge in [-0.2, -0.15) is 0 Å². The van der Waals surface area contributed by atoms with E-state index in [1.54, 1.807) is 12.4 Å². The molecule has 4 rings (SSSR count). The lowest BCUT2D eigenvalue weighted by Crippen LogP contribution is -2.60. The number of nitrogens with two attached hydrogens (primary N) is 1. The molecule has 10 N–H and O–H groups in total. The third-order valence-corrected chi connectivity index (χ3v) is 7.04. The lowest BCUT2D eigenvalue weighted by Gasteiger charge is -2.26. The summed E-state index contributed by atoms with van der Waals surface area (Å²) >= 11 is 0. The molecule has 0 spiro atoms. The first-order valence-electron chi connectivity index (χ1n) is 13.4. The highest BCUT2D eigenvalue weighted by Crippen LogP contribution is 2.21. The van der Waals surface area contributed by atoms with Crippen LogP contribution in [0.4, 0.5) is 0 Å². The number of nitrogens with one attached hydrogen (secondary N) is 5. The number of amides is 3. The molecule has 0 aliphatic carbocycles. The Labute approximate surface area is 240 Å². The van der Waals surface area contributed by atoms with E-state index >= 15 is 0 Å². The molecule has 5 unspecified atom stereocenters. The molecule has 13 heteroatoms. The Morgan fingerprint density at radius 1 is 0.786 bits per heavy atom. The minimum Gasteiger partial charge on any atom is -0.480 e. The molecule has 2 aromatic carbocycles. The molecule has 0 bridgehead atoms. The average Bonchev–Trinajstić information content (AvgIpc) is 3.58. The van der Waals surface area contributed by atoms with E-state index in [1.165, 1.54) is 6.92 Å². The van der Waals surface area contributed by atoms with Gasteiger partial charge in [0, 0.05) is 47.0 Å². The monoisotopic (exact) mass is 578 g/mol. The van der Waals surface area contributed by atoms with Gasteiger partial charge in [0.1, 0.15) is 24.2 Å². The second-order valence-corrected chi connectivity index (χ2v) is 10.1. The maximum atomic E-state index is 13.6. The molecule has 4 aromatic rings. The third-order valence-electron chi connectivity index (χ3n) is 7.04. The van der Waals surface area contributed by atoms with Gasteiger partial charge in [-0.25, -0.2) is 4.79 Å². The predicted molar refractivity (Wildman–Crippen MR) is 154 cm³/mol. The van der Waals surface area contributed by atoms with E-state index in [1.807, 2.05) is 48.5 Å². The van der Waals surface area contributed by atoms with Crippen LogP contribution in [-0.4, -0.2) is 85.9 Å². The van der Waals surface area contributed by atoms with E-state index in [-0.39, 0.29) is 12.8 Å². The van der Waals surface area contributed by atoms with Crippen molar-refractivity contribution in [3.05, 3.63) is 72.1 Å². The van der Waals surface area contributed by atoms with Crippen molar-refractivity contribution in [1.82, 2.24) is 25.9 Å². The Bertz CT molecular complexity index is 1580. The number of benzene rings is 2. The minimum absolute atomic E-state index is 0.0236. The number of carbonyl (C=O) groups is 4. The van der Waals surface area contributed by atoms with Gasteiger partial charge in [0.2, 0.25) is 17.7 Å². The van der Waals surface area contributed by atoms with Crippen LogP contribution in [0.5, 0.6) is 0 Å². The molecule has 0 aliphatic rings. The fourth-order valence-corrected chi connectivity index (χ4v) is 4.73. The van der Waals surface area contributed by atoms with Crippen molar-refractivity contribution in [2.24, 2.45) is 5.73 Å². The number of carbonyl (C=O) groups excluding carboxylic acids is 3. The van der Waals surface area contributed by atoms with Crippen molar-refractivity contribution < 1.29 is 34.5 Å². The van der Waals surface area contributed by atoms with Gasteiger partial charge in [0.15, 0.2) is 0 Å². The van der Waals surface area contributed by atoms with E-state index in [0.717, 1.165) is 21.8 Å². The summed E-state index contributed by atoms with van der Waals surface area (Å²) < 4.78 is 0. The SMILES string of the molecule is CC(O)C(NC(=O)C(N)CO)C(=O)NC(Cc1c[nH]c2ccccc12)C(=O)NC(Cc1c[nH]c2ccccc12)C(=O)O. The second-order valence-electron chi connectivity index (χ2n) is 10.1. The normalized spacial score (nSPS) is 15.0. The molecule has 0 saturated heterocycles.